The van der Waals surface area contributed by atoms with Crippen LogP contribution in [0.15, 0.2) is 58.6 Å². The molecule has 0 bridgehead atoms. The van der Waals surface area contributed by atoms with Crippen molar-refractivity contribution in [2.24, 2.45) is 11.7 Å². The Morgan fingerprint density at radius 1 is 1.10 bits per heavy atom. The zero-order valence-corrected chi connectivity index (χ0v) is 22.0. The molecule has 39 heavy (non-hydrogen) atoms. The first-order valence-corrected chi connectivity index (χ1v) is 13.4. The largest absolute Gasteiger partial charge is 0.462 e. The van der Waals surface area contributed by atoms with Gasteiger partial charge in [0, 0.05) is 28.9 Å². The number of rotatable bonds is 6. The van der Waals surface area contributed by atoms with Crippen LogP contribution in [0, 0.1) is 5.92 Å². The van der Waals surface area contributed by atoms with Crippen LogP contribution in [0.3, 0.4) is 0 Å². The number of nitrogens with one attached hydrogen (secondary N) is 1. The predicted molar refractivity (Wildman–Crippen MR) is 140 cm³/mol. The normalized spacial score (nSPS) is 19.8. The number of nitrogens with two attached hydrogens (primary N) is 1. The Morgan fingerprint density at radius 2 is 1.85 bits per heavy atom. The number of thiazole rings is 1. The van der Waals surface area contributed by atoms with Gasteiger partial charge in [-0.2, -0.15) is 4.90 Å². The molecule has 0 saturated carbocycles. The summed E-state index contributed by atoms with van der Waals surface area (Å²) in [5.41, 5.74) is 6.64. The monoisotopic (exact) mass is 567 g/mol. The van der Waals surface area contributed by atoms with E-state index in [1.54, 1.807) is 25.3 Å². The number of carbonyl (C=O) groups excluding carboxylic acids is 5. The maximum Gasteiger partial charge on any atom is 0.338 e. The standard InChI is InChI=1S/C25H21N5O7S2/c1-2-37-23(34)12-5-7-14(8-6-12)28-15(31)11-29-22-19(39-25(29)36)16(13-4-3-9-27-10-13)17-18(38-22)21(33)30(20(17)32)24(26)35/h3-10,16-18H,2,11H2,1H3,(H2,26,35)(H,28,31)/t16-,17+,18-/m0/s1. The number of imide groups is 3. The molecule has 1 aromatic carbocycles. The lowest BCUT2D eigenvalue weighted by Crippen LogP contribution is -2.41. The fraction of sp³-hybridized carbons (Fsp3) is 0.240. The van der Waals surface area contributed by atoms with E-state index in [9.17, 15) is 28.8 Å². The number of likely N-dealkylation sites (tertiary alicyclic amines) is 1. The highest BCUT2D eigenvalue weighted by Crippen LogP contribution is 2.53. The number of carbonyl (C=O) groups is 5. The van der Waals surface area contributed by atoms with Crippen molar-refractivity contribution < 1.29 is 28.7 Å². The number of anilines is 1. The molecular formula is C25H21N5O7S2. The van der Waals surface area contributed by atoms with E-state index in [2.05, 4.69) is 10.3 Å². The number of urea groups is 1. The number of benzene rings is 1. The molecular weight excluding hydrogens is 546 g/mol. The number of amides is 5. The summed E-state index contributed by atoms with van der Waals surface area (Å²) in [5, 5.41) is 2.03. The van der Waals surface area contributed by atoms with Gasteiger partial charge in [-0.3, -0.25) is 28.7 Å². The molecule has 2 aliphatic rings. The Balaban J connectivity index is 1.45. The number of thioether (sulfide) groups is 1. The lowest BCUT2D eigenvalue weighted by Gasteiger charge is -2.30. The maximum absolute atomic E-state index is 13.2. The number of hydrogen-bond acceptors (Lipinski definition) is 10. The quantitative estimate of drug-likeness (QED) is 0.333. The van der Waals surface area contributed by atoms with Gasteiger partial charge in [-0.25, -0.2) is 9.59 Å². The summed E-state index contributed by atoms with van der Waals surface area (Å²) < 4.78 is 6.19. The lowest BCUT2D eigenvalue weighted by atomic mass is 9.84. The van der Waals surface area contributed by atoms with Gasteiger partial charge >= 0.3 is 16.9 Å². The first-order valence-electron chi connectivity index (χ1n) is 11.8. The molecule has 0 aliphatic carbocycles. The number of fused-ring (bicyclic) bond motifs is 2. The molecule has 2 aromatic heterocycles. The Hall–Kier alpha value is -4.30. The summed E-state index contributed by atoms with van der Waals surface area (Å²) in [4.78, 5) is 80.6. The molecule has 0 radical (unpaired) electrons. The van der Waals surface area contributed by atoms with Gasteiger partial charge in [-0.15, -0.1) is 0 Å². The smallest absolute Gasteiger partial charge is 0.338 e. The average molecular weight is 568 g/mol. The van der Waals surface area contributed by atoms with E-state index in [-0.39, 0.29) is 13.2 Å². The summed E-state index contributed by atoms with van der Waals surface area (Å²) in [6.07, 6.45) is 3.08. The second kappa shape index (κ2) is 10.5. The minimum atomic E-state index is -1.17. The molecule has 1 saturated heterocycles. The average Bonchev–Trinajstić information content (AvgIpc) is 3.35. The predicted octanol–water partition coefficient (Wildman–Crippen LogP) is 1.79. The van der Waals surface area contributed by atoms with Crippen LogP contribution in [0.1, 0.15) is 33.6 Å². The maximum atomic E-state index is 13.2. The van der Waals surface area contributed by atoms with Crippen LogP contribution in [-0.4, -0.2) is 56.0 Å². The molecule has 14 heteroatoms. The fourth-order valence-corrected chi connectivity index (χ4v) is 7.41. The van der Waals surface area contributed by atoms with Gasteiger partial charge < -0.3 is 15.8 Å². The molecule has 0 spiro atoms. The highest BCUT2D eigenvalue weighted by atomic mass is 32.2. The van der Waals surface area contributed by atoms with E-state index < -0.39 is 51.7 Å². The van der Waals surface area contributed by atoms with E-state index in [1.165, 1.54) is 35.0 Å². The van der Waals surface area contributed by atoms with Crippen LogP contribution in [-0.2, 0) is 25.7 Å². The van der Waals surface area contributed by atoms with Crippen LogP contribution < -0.4 is 15.9 Å². The molecule has 3 aromatic rings. The summed E-state index contributed by atoms with van der Waals surface area (Å²) in [6.45, 7) is 1.57. The Labute approximate surface area is 229 Å². The lowest BCUT2D eigenvalue weighted by molar-refractivity contribution is -0.135. The van der Waals surface area contributed by atoms with Crippen molar-refractivity contribution in [1.29, 1.82) is 0 Å². The van der Waals surface area contributed by atoms with E-state index >= 15 is 0 Å². The van der Waals surface area contributed by atoms with E-state index in [1.807, 2.05) is 0 Å². The summed E-state index contributed by atoms with van der Waals surface area (Å²) in [5.74, 6) is -4.21. The summed E-state index contributed by atoms with van der Waals surface area (Å²) in [7, 11) is 0. The van der Waals surface area contributed by atoms with E-state index in [0.717, 1.165) is 23.1 Å². The van der Waals surface area contributed by atoms with Gasteiger partial charge in [0.15, 0.2) is 0 Å². The van der Waals surface area contributed by atoms with Crippen molar-refractivity contribution in [3.63, 3.8) is 0 Å². The molecule has 5 rings (SSSR count). The zero-order valence-electron chi connectivity index (χ0n) is 20.4. The van der Waals surface area contributed by atoms with Crippen LogP contribution in [0.4, 0.5) is 10.5 Å². The number of aromatic nitrogens is 2. The molecule has 3 N–H and O–H groups in total. The molecule has 4 heterocycles. The number of ether oxygens (including phenoxy) is 1. The van der Waals surface area contributed by atoms with Crippen molar-refractivity contribution in [2.75, 3.05) is 11.9 Å². The van der Waals surface area contributed by atoms with Gasteiger partial charge in [-0.1, -0.05) is 29.2 Å². The number of primary amides is 1. The second-order valence-electron chi connectivity index (χ2n) is 8.65. The summed E-state index contributed by atoms with van der Waals surface area (Å²) >= 11 is 1.84. The van der Waals surface area contributed by atoms with Gasteiger partial charge in [0.2, 0.25) is 11.8 Å². The fourth-order valence-electron chi connectivity index (χ4n) is 4.64. The molecule has 200 valence electrons. The number of pyridine rings is 1. The van der Waals surface area contributed by atoms with Crippen LogP contribution in [0.5, 0.6) is 0 Å². The van der Waals surface area contributed by atoms with Crippen molar-refractivity contribution in [3.8, 4) is 0 Å². The minimum Gasteiger partial charge on any atom is -0.462 e. The second-order valence-corrected chi connectivity index (χ2v) is 10.8. The number of esters is 1. The van der Waals surface area contributed by atoms with Crippen LogP contribution in [0.2, 0.25) is 0 Å². The first-order chi connectivity index (χ1) is 18.7. The van der Waals surface area contributed by atoms with Gasteiger partial charge in [0.25, 0.3) is 5.91 Å². The first kappa shape index (κ1) is 26.3. The number of hydrogen-bond donors (Lipinski definition) is 2. The third kappa shape index (κ3) is 4.72. The van der Waals surface area contributed by atoms with Crippen molar-refractivity contribution in [3.05, 3.63) is 74.5 Å². The Morgan fingerprint density at radius 3 is 2.49 bits per heavy atom. The Kier molecular flexibility index (Phi) is 7.06. The van der Waals surface area contributed by atoms with E-state index in [4.69, 9.17) is 10.5 Å². The molecule has 1 fully saturated rings. The highest BCUT2D eigenvalue weighted by Gasteiger charge is 2.57. The molecule has 2 aliphatic heterocycles. The van der Waals surface area contributed by atoms with Crippen LogP contribution in [0.25, 0.3) is 0 Å². The molecule has 12 nitrogen and oxygen atoms in total. The Bertz CT molecular complexity index is 1550. The number of nitrogens with zero attached hydrogens (tertiary/aromatic N) is 3. The van der Waals surface area contributed by atoms with Crippen LogP contribution >= 0.6 is 23.1 Å². The van der Waals surface area contributed by atoms with Crippen molar-refractivity contribution in [1.82, 2.24) is 14.5 Å². The highest BCUT2D eigenvalue weighted by molar-refractivity contribution is 8.00. The van der Waals surface area contributed by atoms with Gasteiger partial charge in [0.05, 0.1) is 23.1 Å². The van der Waals surface area contributed by atoms with Gasteiger partial charge in [0.1, 0.15) is 11.8 Å². The van der Waals surface area contributed by atoms with Crippen molar-refractivity contribution >= 4 is 58.5 Å². The molecule has 3 atom stereocenters. The minimum absolute atomic E-state index is 0.235. The molecule has 0 unspecified atom stereocenters. The van der Waals surface area contributed by atoms with E-state index in [0.29, 0.717) is 31.6 Å². The molecule has 5 amide bonds. The van der Waals surface area contributed by atoms with Crippen molar-refractivity contribution in [2.45, 2.75) is 29.7 Å². The SMILES string of the molecule is CCOC(=O)c1ccc(NC(=O)Cn2c3c(sc2=O)[C@@H](c2cccnc2)[C@H]2C(=O)N(C(N)=O)C(=O)[C@H]2S3)cc1. The zero-order chi connectivity index (χ0) is 27.8. The summed E-state index contributed by atoms with van der Waals surface area (Å²) in [6, 6.07) is 8.31. The third-order valence-electron chi connectivity index (χ3n) is 6.29. The topological polar surface area (TPSA) is 171 Å². The van der Waals surface area contributed by atoms with Gasteiger partial charge in [-0.05, 0) is 42.8 Å². The third-order valence-corrected chi connectivity index (χ3v) is 8.90.